The van der Waals surface area contributed by atoms with Crippen molar-refractivity contribution in [3.05, 3.63) is 47.8 Å². The first-order chi connectivity index (χ1) is 12.2. The van der Waals surface area contributed by atoms with E-state index in [0.29, 0.717) is 30.6 Å². The summed E-state index contributed by atoms with van der Waals surface area (Å²) in [5.41, 5.74) is 2.97. The van der Waals surface area contributed by atoms with Crippen LogP contribution in [0.4, 0.5) is 5.69 Å². The fraction of sp³-hybridized carbons (Fsp3) is 0.368. The third-order valence-electron chi connectivity index (χ3n) is 3.58. The van der Waals surface area contributed by atoms with Gasteiger partial charge in [-0.1, -0.05) is 6.07 Å². The summed E-state index contributed by atoms with van der Waals surface area (Å²) in [5.74, 6) is 2.10. The zero-order valence-corrected chi connectivity index (χ0v) is 15.3. The molecule has 25 heavy (non-hydrogen) atoms. The van der Waals surface area contributed by atoms with Crippen molar-refractivity contribution < 1.29 is 9.47 Å². The molecule has 0 bridgehead atoms. The van der Waals surface area contributed by atoms with Gasteiger partial charge in [-0.05, 0) is 44.5 Å². The Labute approximate surface area is 149 Å². The summed E-state index contributed by atoms with van der Waals surface area (Å²) in [6.45, 7) is 7.87. The largest absolute Gasteiger partial charge is 0.493 e. The molecule has 1 aromatic heterocycles. The Balaban J connectivity index is 2.16. The maximum absolute atomic E-state index is 5.62. The third-order valence-corrected chi connectivity index (χ3v) is 3.58. The highest BCUT2D eigenvalue weighted by Gasteiger charge is 2.07. The Morgan fingerprint density at radius 1 is 1.20 bits per heavy atom. The van der Waals surface area contributed by atoms with Crippen LogP contribution >= 0.6 is 0 Å². The fourth-order valence-electron chi connectivity index (χ4n) is 2.30. The van der Waals surface area contributed by atoms with Crippen molar-refractivity contribution in [1.82, 2.24) is 10.3 Å². The van der Waals surface area contributed by atoms with Gasteiger partial charge in [-0.2, -0.15) is 0 Å². The first kappa shape index (κ1) is 18.6. The van der Waals surface area contributed by atoms with E-state index in [2.05, 4.69) is 20.6 Å². The van der Waals surface area contributed by atoms with Gasteiger partial charge < -0.3 is 20.1 Å². The molecule has 0 aliphatic carbocycles. The Morgan fingerprint density at radius 3 is 2.72 bits per heavy atom. The smallest absolute Gasteiger partial charge is 0.196 e. The molecule has 0 aliphatic rings. The average molecular weight is 342 g/mol. The van der Waals surface area contributed by atoms with Crippen molar-refractivity contribution in [1.29, 1.82) is 0 Å². The number of anilines is 1. The highest BCUT2D eigenvalue weighted by molar-refractivity contribution is 5.93. The molecule has 0 unspecified atom stereocenters. The summed E-state index contributed by atoms with van der Waals surface area (Å²) in [6, 6.07) is 9.68. The summed E-state index contributed by atoms with van der Waals surface area (Å²) in [7, 11) is 1.63. The summed E-state index contributed by atoms with van der Waals surface area (Å²) < 4.78 is 10.9. The lowest BCUT2D eigenvalue weighted by Gasteiger charge is -2.14. The fourth-order valence-corrected chi connectivity index (χ4v) is 2.30. The molecule has 134 valence electrons. The molecule has 2 N–H and O–H groups in total. The number of pyridine rings is 1. The van der Waals surface area contributed by atoms with E-state index >= 15 is 0 Å². The Morgan fingerprint density at radius 2 is 2.04 bits per heavy atom. The molecule has 0 amide bonds. The number of benzene rings is 1. The average Bonchev–Trinajstić information content (AvgIpc) is 2.61. The van der Waals surface area contributed by atoms with E-state index in [4.69, 9.17) is 9.47 Å². The van der Waals surface area contributed by atoms with Crippen LogP contribution in [0.15, 0.2) is 41.5 Å². The summed E-state index contributed by atoms with van der Waals surface area (Å²) >= 11 is 0. The van der Waals surface area contributed by atoms with Crippen LogP contribution < -0.4 is 20.1 Å². The minimum absolute atomic E-state index is 0.510. The topological polar surface area (TPSA) is 67.8 Å². The van der Waals surface area contributed by atoms with Crippen LogP contribution in [0.25, 0.3) is 0 Å². The van der Waals surface area contributed by atoms with Crippen molar-refractivity contribution in [2.45, 2.75) is 27.3 Å². The molecule has 2 rings (SSSR count). The number of methoxy groups -OCH3 is 1. The molecule has 0 saturated heterocycles. The first-order valence-corrected chi connectivity index (χ1v) is 8.44. The number of hydrogen-bond acceptors (Lipinski definition) is 4. The SMILES string of the molecule is CCNC(=NCc1ncccc1C)Nc1ccc(OC)c(OCC)c1. The van der Waals surface area contributed by atoms with Crippen LogP contribution in [0.3, 0.4) is 0 Å². The van der Waals surface area contributed by atoms with Crippen LogP contribution in [-0.2, 0) is 6.54 Å². The number of hydrogen-bond donors (Lipinski definition) is 2. The van der Waals surface area contributed by atoms with Crippen molar-refractivity contribution >= 4 is 11.6 Å². The van der Waals surface area contributed by atoms with Crippen LogP contribution in [0, 0.1) is 6.92 Å². The highest BCUT2D eigenvalue weighted by atomic mass is 16.5. The van der Waals surface area contributed by atoms with Gasteiger partial charge in [0.25, 0.3) is 0 Å². The van der Waals surface area contributed by atoms with E-state index in [1.807, 2.05) is 51.1 Å². The molecular formula is C19H26N4O2. The molecule has 1 aromatic carbocycles. The maximum atomic E-state index is 5.62. The van der Waals surface area contributed by atoms with Gasteiger partial charge in [-0.25, -0.2) is 4.99 Å². The number of aromatic nitrogens is 1. The van der Waals surface area contributed by atoms with Crippen LogP contribution in [0.5, 0.6) is 11.5 Å². The van der Waals surface area contributed by atoms with E-state index < -0.39 is 0 Å². The normalized spacial score (nSPS) is 11.1. The minimum Gasteiger partial charge on any atom is -0.493 e. The van der Waals surface area contributed by atoms with Gasteiger partial charge >= 0.3 is 0 Å². The van der Waals surface area contributed by atoms with Crippen molar-refractivity contribution in [2.24, 2.45) is 4.99 Å². The molecule has 0 radical (unpaired) electrons. The van der Waals surface area contributed by atoms with E-state index in [-0.39, 0.29) is 0 Å². The zero-order chi connectivity index (χ0) is 18.1. The number of nitrogens with zero attached hydrogens (tertiary/aromatic N) is 2. The van der Waals surface area contributed by atoms with Gasteiger partial charge in [0.15, 0.2) is 17.5 Å². The summed E-state index contributed by atoms with van der Waals surface area (Å²) in [5, 5.41) is 6.54. The second-order valence-corrected chi connectivity index (χ2v) is 5.39. The number of aryl methyl sites for hydroxylation is 1. The van der Waals surface area contributed by atoms with Crippen LogP contribution in [0.1, 0.15) is 25.1 Å². The predicted molar refractivity (Wildman–Crippen MR) is 102 cm³/mol. The van der Waals surface area contributed by atoms with E-state index in [0.717, 1.165) is 23.5 Å². The molecule has 1 heterocycles. The monoisotopic (exact) mass is 342 g/mol. The van der Waals surface area contributed by atoms with Gasteiger partial charge in [0.2, 0.25) is 0 Å². The number of ether oxygens (including phenoxy) is 2. The lowest BCUT2D eigenvalue weighted by atomic mass is 10.2. The quantitative estimate of drug-likeness (QED) is 0.596. The number of aliphatic imine (C=N–C) groups is 1. The number of guanidine groups is 1. The Hall–Kier alpha value is -2.76. The zero-order valence-electron chi connectivity index (χ0n) is 15.3. The lowest BCUT2D eigenvalue weighted by molar-refractivity contribution is 0.311. The molecule has 2 aromatic rings. The minimum atomic E-state index is 0.510. The second kappa shape index (κ2) is 9.52. The lowest BCUT2D eigenvalue weighted by Crippen LogP contribution is -2.30. The highest BCUT2D eigenvalue weighted by Crippen LogP contribution is 2.30. The third kappa shape index (κ3) is 5.38. The van der Waals surface area contributed by atoms with Gasteiger partial charge in [0, 0.05) is 24.5 Å². The number of nitrogens with one attached hydrogen (secondary N) is 2. The second-order valence-electron chi connectivity index (χ2n) is 5.39. The van der Waals surface area contributed by atoms with Crippen molar-refractivity contribution in [3.8, 4) is 11.5 Å². The molecular weight excluding hydrogens is 316 g/mol. The van der Waals surface area contributed by atoms with Gasteiger partial charge in [-0.3, -0.25) is 4.98 Å². The maximum Gasteiger partial charge on any atom is 0.196 e. The molecule has 0 aliphatic heterocycles. The molecule has 0 atom stereocenters. The molecule has 0 saturated carbocycles. The van der Waals surface area contributed by atoms with Gasteiger partial charge in [0.05, 0.1) is 26.0 Å². The van der Waals surface area contributed by atoms with E-state index in [1.165, 1.54) is 0 Å². The molecule has 0 spiro atoms. The predicted octanol–water partition coefficient (Wildman–Crippen LogP) is 3.37. The van der Waals surface area contributed by atoms with Crippen LogP contribution in [-0.4, -0.2) is 31.2 Å². The van der Waals surface area contributed by atoms with Crippen molar-refractivity contribution in [2.75, 3.05) is 25.6 Å². The molecule has 0 fully saturated rings. The first-order valence-electron chi connectivity index (χ1n) is 8.44. The van der Waals surface area contributed by atoms with Gasteiger partial charge in [0.1, 0.15) is 0 Å². The summed E-state index contributed by atoms with van der Waals surface area (Å²) in [6.07, 6.45) is 1.79. The van der Waals surface area contributed by atoms with Crippen molar-refractivity contribution in [3.63, 3.8) is 0 Å². The molecule has 6 heteroatoms. The Kier molecular flexibility index (Phi) is 7.07. The molecule has 6 nitrogen and oxygen atoms in total. The number of rotatable bonds is 7. The summed E-state index contributed by atoms with van der Waals surface area (Å²) in [4.78, 5) is 9.00. The van der Waals surface area contributed by atoms with Gasteiger partial charge in [-0.15, -0.1) is 0 Å². The van der Waals surface area contributed by atoms with E-state index in [1.54, 1.807) is 13.3 Å². The van der Waals surface area contributed by atoms with E-state index in [9.17, 15) is 0 Å². The van der Waals surface area contributed by atoms with Crippen LogP contribution in [0.2, 0.25) is 0 Å². The Bertz CT molecular complexity index is 716. The standard InChI is InChI=1S/C19H26N4O2/c1-5-20-19(22-13-16-14(3)8-7-11-21-16)23-15-9-10-17(24-4)18(12-15)25-6-2/h7-12H,5-6,13H2,1-4H3,(H2,20,22,23).